The van der Waals surface area contributed by atoms with Gasteiger partial charge in [0.1, 0.15) is 6.07 Å². The van der Waals surface area contributed by atoms with Crippen LogP contribution in [0.1, 0.15) is 5.69 Å². The summed E-state index contributed by atoms with van der Waals surface area (Å²) in [5.74, 6) is 0.948. The van der Waals surface area contributed by atoms with Crippen LogP contribution in [0, 0.1) is 11.3 Å². The number of anilines is 2. The van der Waals surface area contributed by atoms with E-state index >= 15 is 0 Å². The molecule has 0 amide bonds. The van der Waals surface area contributed by atoms with Crippen LogP contribution in [-0.4, -0.2) is 31.2 Å². The van der Waals surface area contributed by atoms with Crippen molar-refractivity contribution in [3.8, 4) is 17.5 Å². The van der Waals surface area contributed by atoms with E-state index in [1.165, 1.54) is 0 Å². The van der Waals surface area contributed by atoms with Crippen LogP contribution in [0.5, 0.6) is 0 Å². The Kier molecular flexibility index (Phi) is 4.93. The first-order valence-electron chi connectivity index (χ1n) is 8.56. The number of aromatic nitrogens is 1. The van der Waals surface area contributed by atoms with Crippen molar-refractivity contribution >= 4 is 34.8 Å². The van der Waals surface area contributed by atoms with Crippen LogP contribution in [0.4, 0.5) is 11.6 Å². The van der Waals surface area contributed by atoms with Crippen LogP contribution in [0.25, 0.3) is 11.5 Å². The Bertz CT molecular complexity index is 986. The summed E-state index contributed by atoms with van der Waals surface area (Å²) in [7, 11) is 0. The number of hydrogen-bond donors (Lipinski definition) is 0. The maximum Gasteiger partial charge on any atom is 0.235 e. The molecule has 1 aromatic heterocycles. The molecule has 3 aromatic rings. The molecule has 0 aliphatic carbocycles. The predicted molar refractivity (Wildman–Crippen MR) is 108 cm³/mol. The number of oxazole rings is 1. The zero-order valence-electron chi connectivity index (χ0n) is 14.4. The Morgan fingerprint density at radius 2 is 1.63 bits per heavy atom. The number of hydrogen-bond acceptors (Lipinski definition) is 5. The summed E-state index contributed by atoms with van der Waals surface area (Å²) in [5.41, 5.74) is 2.19. The van der Waals surface area contributed by atoms with Gasteiger partial charge >= 0.3 is 0 Å². The van der Waals surface area contributed by atoms with Gasteiger partial charge in [0.25, 0.3) is 0 Å². The number of nitriles is 1. The van der Waals surface area contributed by atoms with E-state index in [4.69, 9.17) is 27.6 Å². The molecular weight excluding hydrogens is 383 g/mol. The van der Waals surface area contributed by atoms with Gasteiger partial charge < -0.3 is 14.2 Å². The Morgan fingerprint density at radius 1 is 0.926 bits per heavy atom. The third-order valence-electron chi connectivity index (χ3n) is 4.55. The van der Waals surface area contributed by atoms with Crippen LogP contribution < -0.4 is 9.80 Å². The van der Waals surface area contributed by atoms with Crippen LogP contribution in [0.3, 0.4) is 0 Å². The molecule has 1 aliphatic heterocycles. The summed E-state index contributed by atoms with van der Waals surface area (Å²) in [5, 5.41) is 10.8. The van der Waals surface area contributed by atoms with Crippen molar-refractivity contribution in [2.45, 2.75) is 0 Å². The smallest absolute Gasteiger partial charge is 0.235 e. The van der Waals surface area contributed by atoms with Crippen molar-refractivity contribution in [3.05, 3.63) is 64.3 Å². The highest BCUT2D eigenvalue weighted by molar-refractivity contribution is 6.31. The van der Waals surface area contributed by atoms with E-state index in [0.717, 1.165) is 42.5 Å². The van der Waals surface area contributed by atoms with E-state index in [-0.39, 0.29) is 0 Å². The fourth-order valence-electron chi connectivity index (χ4n) is 3.16. The first-order chi connectivity index (χ1) is 13.1. The van der Waals surface area contributed by atoms with Gasteiger partial charge in [-0.2, -0.15) is 10.2 Å². The van der Waals surface area contributed by atoms with Crippen molar-refractivity contribution in [1.82, 2.24) is 4.98 Å². The van der Waals surface area contributed by atoms with Gasteiger partial charge in [-0.15, -0.1) is 0 Å². The number of piperazine rings is 1. The summed E-state index contributed by atoms with van der Waals surface area (Å²) >= 11 is 12.0. The third kappa shape index (κ3) is 3.73. The minimum atomic E-state index is 0.302. The predicted octanol–water partition coefficient (Wildman–Crippen LogP) is 4.85. The molecule has 0 unspecified atom stereocenters. The van der Waals surface area contributed by atoms with Gasteiger partial charge in [0.05, 0.1) is 0 Å². The summed E-state index contributed by atoms with van der Waals surface area (Å²) in [4.78, 5) is 8.68. The largest absolute Gasteiger partial charge is 0.419 e. The molecular formula is C20H16Cl2N4O. The standard InChI is InChI=1S/C20H16Cl2N4O/c21-15-6-4-14(5-7-15)19-24-18(13-23)20(27-19)26-10-8-25(9-11-26)17-3-1-2-16(22)12-17/h1-7,12H,8-11H2. The van der Waals surface area contributed by atoms with Gasteiger partial charge in [0.2, 0.25) is 17.5 Å². The molecule has 0 bridgehead atoms. The molecule has 0 atom stereocenters. The highest BCUT2D eigenvalue weighted by Gasteiger charge is 2.24. The zero-order valence-corrected chi connectivity index (χ0v) is 15.9. The first kappa shape index (κ1) is 17.7. The van der Waals surface area contributed by atoms with Gasteiger partial charge in [-0.1, -0.05) is 29.3 Å². The SMILES string of the molecule is N#Cc1nc(-c2ccc(Cl)cc2)oc1N1CCN(c2cccc(Cl)c2)CC1. The molecule has 0 spiro atoms. The Morgan fingerprint density at radius 3 is 2.30 bits per heavy atom. The number of rotatable bonds is 3. The van der Waals surface area contributed by atoms with Crippen LogP contribution in [0.15, 0.2) is 52.9 Å². The van der Waals surface area contributed by atoms with E-state index < -0.39 is 0 Å². The Balaban J connectivity index is 1.53. The molecule has 0 saturated carbocycles. The monoisotopic (exact) mass is 398 g/mol. The number of nitrogens with zero attached hydrogens (tertiary/aromatic N) is 4. The number of benzene rings is 2. The summed E-state index contributed by atoms with van der Waals surface area (Å²) in [6, 6.07) is 17.2. The molecule has 1 saturated heterocycles. The topological polar surface area (TPSA) is 56.3 Å². The van der Waals surface area contributed by atoms with Crippen molar-refractivity contribution in [2.75, 3.05) is 36.0 Å². The highest BCUT2D eigenvalue weighted by atomic mass is 35.5. The van der Waals surface area contributed by atoms with E-state index in [2.05, 4.69) is 26.9 Å². The molecule has 5 nitrogen and oxygen atoms in total. The van der Waals surface area contributed by atoms with E-state index in [1.807, 2.05) is 30.3 Å². The maximum atomic E-state index is 9.47. The maximum absolute atomic E-state index is 9.47. The molecule has 1 fully saturated rings. The van der Waals surface area contributed by atoms with Gasteiger partial charge in [-0.25, -0.2) is 0 Å². The highest BCUT2D eigenvalue weighted by Crippen LogP contribution is 2.30. The summed E-state index contributed by atoms with van der Waals surface area (Å²) in [6.07, 6.45) is 0. The minimum absolute atomic E-state index is 0.302. The zero-order chi connectivity index (χ0) is 18.8. The number of halogens is 2. The summed E-state index contributed by atoms with van der Waals surface area (Å²) in [6.45, 7) is 3.08. The van der Waals surface area contributed by atoms with Crippen LogP contribution >= 0.6 is 23.2 Å². The van der Waals surface area contributed by atoms with E-state index in [1.54, 1.807) is 12.1 Å². The van der Waals surface area contributed by atoms with Gasteiger partial charge in [0.15, 0.2) is 0 Å². The average molecular weight is 399 g/mol. The fraction of sp³-hybridized carbons (Fsp3) is 0.200. The molecule has 2 aromatic carbocycles. The lowest BCUT2D eigenvalue weighted by atomic mass is 10.2. The van der Waals surface area contributed by atoms with Gasteiger partial charge in [-0.3, -0.25) is 0 Å². The average Bonchev–Trinajstić information content (AvgIpc) is 3.13. The second-order valence-corrected chi connectivity index (χ2v) is 7.12. The van der Waals surface area contributed by atoms with Gasteiger partial charge in [0, 0.05) is 47.5 Å². The van der Waals surface area contributed by atoms with Crippen molar-refractivity contribution in [3.63, 3.8) is 0 Å². The van der Waals surface area contributed by atoms with Crippen LogP contribution in [-0.2, 0) is 0 Å². The van der Waals surface area contributed by atoms with Crippen molar-refractivity contribution in [1.29, 1.82) is 5.26 Å². The quantitative estimate of drug-likeness (QED) is 0.631. The molecule has 1 aliphatic rings. The second kappa shape index (κ2) is 7.51. The van der Waals surface area contributed by atoms with E-state index in [0.29, 0.717) is 22.5 Å². The second-order valence-electron chi connectivity index (χ2n) is 6.25. The van der Waals surface area contributed by atoms with E-state index in [9.17, 15) is 5.26 Å². The lowest BCUT2D eigenvalue weighted by Crippen LogP contribution is -2.46. The lowest BCUT2D eigenvalue weighted by molar-refractivity contribution is 0.531. The fourth-order valence-corrected chi connectivity index (χ4v) is 3.47. The van der Waals surface area contributed by atoms with Gasteiger partial charge in [-0.05, 0) is 42.5 Å². The molecule has 7 heteroatoms. The van der Waals surface area contributed by atoms with Crippen molar-refractivity contribution < 1.29 is 4.42 Å². The Labute approximate surface area is 167 Å². The normalized spacial score (nSPS) is 14.3. The molecule has 4 rings (SSSR count). The minimum Gasteiger partial charge on any atom is -0.419 e. The summed E-state index contributed by atoms with van der Waals surface area (Å²) < 4.78 is 5.94. The molecule has 2 heterocycles. The Hall–Kier alpha value is -2.68. The molecule has 27 heavy (non-hydrogen) atoms. The molecule has 136 valence electrons. The van der Waals surface area contributed by atoms with Crippen LogP contribution in [0.2, 0.25) is 10.0 Å². The third-order valence-corrected chi connectivity index (χ3v) is 5.03. The molecule has 0 N–H and O–H groups in total. The lowest BCUT2D eigenvalue weighted by Gasteiger charge is -2.35. The van der Waals surface area contributed by atoms with Crippen molar-refractivity contribution in [2.24, 2.45) is 0 Å². The molecule has 0 radical (unpaired) electrons. The first-order valence-corrected chi connectivity index (χ1v) is 9.32.